The molecule has 1 atom stereocenters. The van der Waals surface area contributed by atoms with Crippen molar-refractivity contribution in [3.05, 3.63) is 42.0 Å². The van der Waals surface area contributed by atoms with Gasteiger partial charge in [0.1, 0.15) is 17.7 Å². The minimum absolute atomic E-state index is 0.0406. The van der Waals surface area contributed by atoms with Gasteiger partial charge in [0, 0.05) is 19.2 Å². The van der Waals surface area contributed by atoms with E-state index in [1.807, 2.05) is 30.3 Å². The van der Waals surface area contributed by atoms with Crippen LogP contribution in [0.5, 0.6) is 11.6 Å². The molecule has 6 nitrogen and oxygen atoms in total. The van der Waals surface area contributed by atoms with Gasteiger partial charge in [0.2, 0.25) is 5.88 Å². The summed E-state index contributed by atoms with van der Waals surface area (Å²) in [6, 6.07) is 11.9. The zero-order valence-electron chi connectivity index (χ0n) is 14.6. The molecule has 2 aliphatic rings. The third-order valence-electron chi connectivity index (χ3n) is 4.73. The molecule has 0 amide bonds. The van der Waals surface area contributed by atoms with E-state index in [4.69, 9.17) is 14.2 Å². The fourth-order valence-electron chi connectivity index (χ4n) is 3.55. The van der Waals surface area contributed by atoms with E-state index in [0.717, 1.165) is 43.2 Å². The van der Waals surface area contributed by atoms with Gasteiger partial charge in [-0.05, 0) is 37.0 Å². The molecule has 3 heterocycles. The lowest BCUT2D eigenvalue weighted by Gasteiger charge is -2.37. The number of aromatic nitrogens is 1. The van der Waals surface area contributed by atoms with E-state index in [1.54, 1.807) is 14.2 Å². The van der Waals surface area contributed by atoms with Crippen LogP contribution in [0.1, 0.15) is 24.8 Å². The highest BCUT2D eigenvalue weighted by atomic mass is 16.5. The summed E-state index contributed by atoms with van der Waals surface area (Å²) in [6.45, 7) is 1.57. The van der Waals surface area contributed by atoms with Crippen molar-refractivity contribution < 1.29 is 14.2 Å². The van der Waals surface area contributed by atoms with Gasteiger partial charge >= 0.3 is 0 Å². The Hall–Kier alpha value is -2.31. The highest BCUT2D eigenvalue weighted by Gasteiger charge is 2.37. The van der Waals surface area contributed by atoms with E-state index < -0.39 is 0 Å². The molecule has 0 spiro atoms. The molecule has 1 saturated heterocycles. The quantitative estimate of drug-likeness (QED) is 0.848. The molecule has 0 N–H and O–H groups in total. The second-order valence-electron chi connectivity index (χ2n) is 6.24. The Kier molecular flexibility index (Phi) is 4.46. The Balaban J connectivity index is 1.80. The van der Waals surface area contributed by atoms with Crippen molar-refractivity contribution in [2.75, 3.05) is 25.8 Å². The Labute approximate surface area is 147 Å². The number of hydrazine groups is 1. The molecular formula is C19H23N3O3. The molecule has 0 aliphatic carbocycles. The highest BCUT2D eigenvalue weighted by molar-refractivity contribution is 5.72. The van der Waals surface area contributed by atoms with Crippen molar-refractivity contribution in [2.24, 2.45) is 0 Å². The molecular weight excluding hydrogens is 318 g/mol. The monoisotopic (exact) mass is 341 g/mol. The lowest BCUT2D eigenvalue weighted by atomic mass is 10.1. The number of fused-ring (bicyclic) bond motifs is 1. The summed E-state index contributed by atoms with van der Waals surface area (Å²) >= 11 is 0. The predicted octanol–water partition coefficient (Wildman–Crippen LogP) is 3.49. The van der Waals surface area contributed by atoms with Gasteiger partial charge in [-0.15, -0.1) is 0 Å². The van der Waals surface area contributed by atoms with Gasteiger partial charge in [-0.25, -0.2) is 0 Å². The maximum atomic E-state index is 6.06. The summed E-state index contributed by atoms with van der Waals surface area (Å²) in [6.07, 6.45) is 3.35. The smallest absolute Gasteiger partial charge is 0.214 e. The number of nitrogens with zero attached hydrogens (tertiary/aromatic N) is 3. The van der Waals surface area contributed by atoms with Crippen LogP contribution in [-0.2, 0) is 11.3 Å². The summed E-state index contributed by atoms with van der Waals surface area (Å²) in [5.41, 5.74) is 2.23. The second-order valence-corrected chi connectivity index (χ2v) is 6.24. The van der Waals surface area contributed by atoms with E-state index in [0.29, 0.717) is 5.88 Å². The molecule has 0 radical (unpaired) electrons. The third kappa shape index (κ3) is 2.92. The van der Waals surface area contributed by atoms with Gasteiger partial charge < -0.3 is 14.2 Å². The number of pyridine rings is 1. The predicted molar refractivity (Wildman–Crippen MR) is 95.1 cm³/mol. The molecule has 0 bridgehead atoms. The number of methoxy groups -OCH3 is 2. The van der Waals surface area contributed by atoms with E-state index in [1.165, 1.54) is 12.0 Å². The normalized spacial score (nSPS) is 20.4. The van der Waals surface area contributed by atoms with E-state index in [-0.39, 0.29) is 6.23 Å². The number of benzene rings is 1. The maximum absolute atomic E-state index is 6.06. The molecule has 6 heteroatoms. The minimum atomic E-state index is 0.0406. The van der Waals surface area contributed by atoms with Crippen LogP contribution >= 0.6 is 0 Å². The van der Waals surface area contributed by atoms with Crippen LogP contribution < -0.4 is 14.5 Å². The Bertz CT molecular complexity index is 746. The third-order valence-corrected chi connectivity index (χ3v) is 4.73. The van der Waals surface area contributed by atoms with Gasteiger partial charge in [-0.3, -0.25) is 5.01 Å². The first kappa shape index (κ1) is 16.2. The van der Waals surface area contributed by atoms with Crippen molar-refractivity contribution in [1.29, 1.82) is 0 Å². The van der Waals surface area contributed by atoms with Crippen molar-refractivity contribution in [2.45, 2.75) is 32.0 Å². The summed E-state index contributed by atoms with van der Waals surface area (Å²) in [5.74, 6) is 2.22. The largest absolute Gasteiger partial charge is 0.495 e. The fraction of sp³-hybridized carbons (Fsp3) is 0.421. The first-order valence-corrected chi connectivity index (χ1v) is 8.67. The van der Waals surface area contributed by atoms with Gasteiger partial charge in [-0.2, -0.15) is 9.99 Å². The number of hydrogen-bond acceptors (Lipinski definition) is 6. The van der Waals surface area contributed by atoms with Crippen LogP contribution in [0.3, 0.4) is 0 Å². The number of anilines is 2. The molecule has 2 aromatic rings. The minimum Gasteiger partial charge on any atom is -0.495 e. The molecule has 1 fully saturated rings. The lowest BCUT2D eigenvalue weighted by molar-refractivity contribution is -0.0862. The average molecular weight is 341 g/mol. The van der Waals surface area contributed by atoms with Gasteiger partial charge in [-0.1, -0.05) is 18.2 Å². The summed E-state index contributed by atoms with van der Waals surface area (Å²) in [4.78, 5) is 4.64. The molecule has 2 aliphatic heterocycles. The molecule has 1 aromatic heterocycles. The summed E-state index contributed by atoms with van der Waals surface area (Å²) in [5, 5.41) is 4.36. The van der Waals surface area contributed by atoms with Crippen LogP contribution in [0.2, 0.25) is 0 Å². The molecule has 1 unspecified atom stereocenters. The Morgan fingerprint density at radius 3 is 2.72 bits per heavy atom. The molecule has 1 aromatic carbocycles. The van der Waals surface area contributed by atoms with E-state index in [9.17, 15) is 0 Å². The SMILES string of the molecule is COc1cccc(N2c3c(cccc3OC)CN2C2CCCCO2)n1. The topological polar surface area (TPSA) is 47.1 Å². The molecule has 0 saturated carbocycles. The second kappa shape index (κ2) is 6.90. The molecule has 25 heavy (non-hydrogen) atoms. The fourth-order valence-corrected chi connectivity index (χ4v) is 3.55. The highest BCUT2D eigenvalue weighted by Crippen LogP contribution is 2.45. The number of ether oxygens (including phenoxy) is 3. The average Bonchev–Trinajstić information content (AvgIpc) is 3.08. The number of para-hydroxylation sites is 1. The first-order valence-electron chi connectivity index (χ1n) is 8.67. The van der Waals surface area contributed by atoms with Crippen LogP contribution in [-0.4, -0.2) is 37.0 Å². The summed E-state index contributed by atoms with van der Waals surface area (Å²) in [7, 11) is 3.33. The van der Waals surface area contributed by atoms with Crippen LogP contribution in [0.15, 0.2) is 36.4 Å². The zero-order valence-corrected chi connectivity index (χ0v) is 14.6. The van der Waals surface area contributed by atoms with Crippen molar-refractivity contribution >= 4 is 11.5 Å². The Morgan fingerprint density at radius 1 is 1.08 bits per heavy atom. The summed E-state index contributed by atoms with van der Waals surface area (Å²) < 4.78 is 17.0. The van der Waals surface area contributed by atoms with E-state index >= 15 is 0 Å². The first-order chi connectivity index (χ1) is 12.3. The lowest BCUT2D eigenvalue weighted by Crippen LogP contribution is -2.45. The van der Waals surface area contributed by atoms with Crippen molar-refractivity contribution in [3.8, 4) is 11.6 Å². The molecule has 132 valence electrons. The van der Waals surface area contributed by atoms with E-state index in [2.05, 4.69) is 21.1 Å². The van der Waals surface area contributed by atoms with Crippen molar-refractivity contribution in [3.63, 3.8) is 0 Å². The zero-order chi connectivity index (χ0) is 17.2. The number of hydrogen-bond donors (Lipinski definition) is 0. The standard InChI is InChI=1S/C19H23N3O3/c1-23-15-8-5-7-14-13-21(18-11-3-4-12-25-18)22(19(14)15)16-9-6-10-17(20-16)24-2/h5-10,18H,3-4,11-13H2,1-2H3. The van der Waals surface area contributed by atoms with Crippen LogP contribution in [0.4, 0.5) is 11.5 Å². The maximum Gasteiger partial charge on any atom is 0.214 e. The van der Waals surface area contributed by atoms with Gasteiger partial charge in [0.05, 0.1) is 14.2 Å². The van der Waals surface area contributed by atoms with Crippen LogP contribution in [0.25, 0.3) is 0 Å². The number of rotatable bonds is 4. The Morgan fingerprint density at radius 2 is 1.96 bits per heavy atom. The van der Waals surface area contributed by atoms with Gasteiger partial charge in [0.25, 0.3) is 0 Å². The van der Waals surface area contributed by atoms with Gasteiger partial charge in [0.15, 0.2) is 5.82 Å². The van der Waals surface area contributed by atoms with Crippen LogP contribution in [0, 0.1) is 0 Å². The van der Waals surface area contributed by atoms with Crippen molar-refractivity contribution in [1.82, 2.24) is 9.99 Å². The molecule has 4 rings (SSSR count).